The highest BCUT2D eigenvalue weighted by Crippen LogP contribution is 2.51. The van der Waals surface area contributed by atoms with Crippen LogP contribution in [0.15, 0.2) is 0 Å². The smallest absolute Gasteiger partial charge is 0.317 e. The van der Waals surface area contributed by atoms with Gasteiger partial charge in [-0.05, 0) is 31.1 Å². The lowest BCUT2D eigenvalue weighted by Gasteiger charge is -2.22. The number of hydrogen-bond donors (Lipinski definition) is 1. The van der Waals surface area contributed by atoms with Gasteiger partial charge in [0.1, 0.15) is 0 Å². The van der Waals surface area contributed by atoms with E-state index in [1.54, 1.807) is 4.90 Å². The van der Waals surface area contributed by atoms with Crippen LogP contribution in [0.5, 0.6) is 0 Å². The molecule has 0 aromatic rings. The number of rotatable bonds is 4. The molecule has 0 bridgehead atoms. The number of hydrogen-bond acceptors (Lipinski definition) is 1. The molecule has 0 aliphatic heterocycles. The number of nitrogens with zero attached hydrogens (tertiary/aromatic N) is 1. The lowest BCUT2D eigenvalue weighted by Crippen LogP contribution is -2.40. The summed E-state index contributed by atoms with van der Waals surface area (Å²) in [5.41, 5.74) is 0.407. The van der Waals surface area contributed by atoms with Gasteiger partial charge in [-0.3, -0.25) is 0 Å². The van der Waals surface area contributed by atoms with Crippen molar-refractivity contribution in [1.82, 2.24) is 10.2 Å². The maximum atomic E-state index is 11.5. The Morgan fingerprint density at radius 3 is 2.43 bits per heavy atom. The predicted molar refractivity (Wildman–Crippen MR) is 58.2 cm³/mol. The Kier molecular flexibility index (Phi) is 3.40. The quantitative estimate of drug-likeness (QED) is 0.737. The normalized spacial score (nSPS) is 18.1. The molecular weight excluding hydrogens is 176 g/mol. The number of carbonyl (C=O) groups excluding carboxylic acids is 1. The highest BCUT2D eigenvalue weighted by molar-refractivity contribution is 5.73. The molecule has 0 unspecified atom stereocenters. The lowest BCUT2D eigenvalue weighted by atomic mass is 9.92. The molecule has 3 heteroatoms. The van der Waals surface area contributed by atoms with Crippen LogP contribution in [-0.2, 0) is 0 Å². The van der Waals surface area contributed by atoms with E-state index >= 15 is 0 Å². The van der Waals surface area contributed by atoms with Gasteiger partial charge in [0, 0.05) is 20.1 Å². The number of nitrogens with one attached hydrogen (secondary N) is 1. The van der Waals surface area contributed by atoms with Crippen LogP contribution >= 0.6 is 0 Å². The van der Waals surface area contributed by atoms with E-state index in [1.807, 2.05) is 14.0 Å². The van der Waals surface area contributed by atoms with Crippen molar-refractivity contribution in [2.24, 2.45) is 11.3 Å². The second-order valence-corrected chi connectivity index (χ2v) is 4.69. The summed E-state index contributed by atoms with van der Waals surface area (Å²) in [5, 5.41) is 3.00. The molecule has 0 saturated heterocycles. The predicted octanol–water partition coefficient (Wildman–Crippen LogP) is 2.08. The van der Waals surface area contributed by atoms with Gasteiger partial charge in [-0.15, -0.1) is 0 Å². The molecule has 1 rings (SSSR count). The molecule has 0 spiro atoms. The first-order chi connectivity index (χ1) is 6.52. The lowest BCUT2D eigenvalue weighted by molar-refractivity contribution is 0.205. The van der Waals surface area contributed by atoms with Gasteiger partial charge in [0.15, 0.2) is 0 Å². The summed E-state index contributed by atoms with van der Waals surface area (Å²) in [5.74, 6) is 0.676. The molecule has 3 nitrogen and oxygen atoms in total. The van der Waals surface area contributed by atoms with Gasteiger partial charge in [0.25, 0.3) is 0 Å². The summed E-state index contributed by atoms with van der Waals surface area (Å²) < 4.78 is 0. The van der Waals surface area contributed by atoms with Crippen molar-refractivity contribution < 1.29 is 4.79 Å². The fourth-order valence-electron chi connectivity index (χ4n) is 1.65. The maximum absolute atomic E-state index is 11.5. The Labute approximate surface area is 86.9 Å². The SMILES string of the molecule is CCN(C)C(=O)NCC1(C(C)C)CC1. The third-order valence-electron chi connectivity index (χ3n) is 3.53. The molecule has 1 fully saturated rings. The first kappa shape index (κ1) is 11.3. The van der Waals surface area contributed by atoms with Gasteiger partial charge in [-0.25, -0.2) is 4.79 Å². The van der Waals surface area contributed by atoms with E-state index < -0.39 is 0 Å². The Bertz CT molecular complexity index is 209. The second kappa shape index (κ2) is 4.20. The minimum absolute atomic E-state index is 0.0550. The van der Waals surface area contributed by atoms with Gasteiger partial charge in [0.2, 0.25) is 0 Å². The molecule has 1 saturated carbocycles. The minimum Gasteiger partial charge on any atom is -0.337 e. The standard InChI is InChI=1S/C11H22N2O/c1-5-13(4)10(14)12-8-11(6-7-11)9(2)3/h9H,5-8H2,1-4H3,(H,12,14). The van der Waals surface area contributed by atoms with Crippen molar-refractivity contribution in [2.45, 2.75) is 33.6 Å². The van der Waals surface area contributed by atoms with E-state index in [0.717, 1.165) is 13.1 Å². The van der Waals surface area contributed by atoms with Crippen LogP contribution in [0.1, 0.15) is 33.6 Å². The van der Waals surface area contributed by atoms with E-state index in [2.05, 4.69) is 19.2 Å². The van der Waals surface area contributed by atoms with Gasteiger partial charge >= 0.3 is 6.03 Å². The number of amides is 2. The molecule has 0 radical (unpaired) electrons. The topological polar surface area (TPSA) is 32.3 Å². The summed E-state index contributed by atoms with van der Waals surface area (Å²) in [4.78, 5) is 13.2. The Balaban J connectivity index is 2.30. The molecule has 14 heavy (non-hydrogen) atoms. The van der Waals surface area contributed by atoms with Crippen molar-refractivity contribution in [3.8, 4) is 0 Å². The van der Waals surface area contributed by atoms with Crippen molar-refractivity contribution in [2.75, 3.05) is 20.1 Å². The Hall–Kier alpha value is -0.730. The van der Waals surface area contributed by atoms with Crippen LogP contribution in [0, 0.1) is 11.3 Å². The van der Waals surface area contributed by atoms with Gasteiger partial charge in [-0.1, -0.05) is 13.8 Å². The molecule has 1 aliphatic carbocycles. The first-order valence-corrected chi connectivity index (χ1v) is 5.51. The second-order valence-electron chi connectivity index (χ2n) is 4.69. The van der Waals surface area contributed by atoms with Crippen LogP contribution in [0.3, 0.4) is 0 Å². The zero-order chi connectivity index (χ0) is 10.8. The van der Waals surface area contributed by atoms with Crippen LogP contribution in [0.25, 0.3) is 0 Å². The highest BCUT2D eigenvalue weighted by Gasteiger charge is 2.45. The third-order valence-corrected chi connectivity index (χ3v) is 3.53. The first-order valence-electron chi connectivity index (χ1n) is 5.51. The van der Waals surface area contributed by atoms with Crippen molar-refractivity contribution in [1.29, 1.82) is 0 Å². The maximum Gasteiger partial charge on any atom is 0.317 e. The van der Waals surface area contributed by atoms with E-state index in [-0.39, 0.29) is 6.03 Å². The Morgan fingerprint density at radius 2 is 2.07 bits per heavy atom. The van der Waals surface area contributed by atoms with Gasteiger partial charge in [0.05, 0.1) is 0 Å². The molecule has 0 aromatic heterocycles. The molecule has 1 aliphatic rings. The molecular formula is C11H22N2O. The van der Waals surface area contributed by atoms with Crippen LogP contribution < -0.4 is 5.32 Å². The summed E-state index contributed by atoms with van der Waals surface area (Å²) in [6.07, 6.45) is 2.53. The van der Waals surface area contributed by atoms with Crippen molar-refractivity contribution in [3.05, 3.63) is 0 Å². The number of urea groups is 1. The number of carbonyl (C=O) groups is 1. The molecule has 0 aromatic carbocycles. The minimum atomic E-state index is 0.0550. The van der Waals surface area contributed by atoms with E-state index in [0.29, 0.717) is 11.3 Å². The molecule has 1 N–H and O–H groups in total. The molecule has 2 amide bonds. The van der Waals surface area contributed by atoms with Crippen LogP contribution in [0.4, 0.5) is 4.79 Å². The fraction of sp³-hybridized carbons (Fsp3) is 0.909. The highest BCUT2D eigenvalue weighted by atomic mass is 16.2. The summed E-state index contributed by atoms with van der Waals surface area (Å²) in [6.45, 7) is 8.06. The van der Waals surface area contributed by atoms with E-state index in [4.69, 9.17) is 0 Å². The zero-order valence-electron chi connectivity index (χ0n) is 9.76. The van der Waals surface area contributed by atoms with Crippen LogP contribution in [0.2, 0.25) is 0 Å². The molecule has 82 valence electrons. The fourth-order valence-corrected chi connectivity index (χ4v) is 1.65. The molecule has 0 atom stereocenters. The molecule has 0 heterocycles. The van der Waals surface area contributed by atoms with Crippen molar-refractivity contribution >= 4 is 6.03 Å². The van der Waals surface area contributed by atoms with Crippen LogP contribution in [-0.4, -0.2) is 31.1 Å². The Morgan fingerprint density at radius 1 is 1.50 bits per heavy atom. The monoisotopic (exact) mass is 198 g/mol. The zero-order valence-corrected chi connectivity index (χ0v) is 9.76. The average molecular weight is 198 g/mol. The third kappa shape index (κ3) is 2.40. The largest absolute Gasteiger partial charge is 0.337 e. The van der Waals surface area contributed by atoms with Gasteiger partial charge in [-0.2, -0.15) is 0 Å². The average Bonchev–Trinajstić information content (AvgIpc) is 2.93. The van der Waals surface area contributed by atoms with Crippen molar-refractivity contribution in [3.63, 3.8) is 0 Å². The van der Waals surface area contributed by atoms with Gasteiger partial charge < -0.3 is 10.2 Å². The van der Waals surface area contributed by atoms with E-state index in [9.17, 15) is 4.79 Å². The van der Waals surface area contributed by atoms with E-state index in [1.165, 1.54) is 12.8 Å². The summed E-state index contributed by atoms with van der Waals surface area (Å²) in [6, 6.07) is 0.0550. The summed E-state index contributed by atoms with van der Waals surface area (Å²) in [7, 11) is 1.82. The summed E-state index contributed by atoms with van der Waals surface area (Å²) >= 11 is 0.